The van der Waals surface area contributed by atoms with Crippen LogP contribution < -0.4 is 15.5 Å². The van der Waals surface area contributed by atoms with E-state index < -0.39 is 40.9 Å². The molecule has 0 spiro atoms. The van der Waals surface area contributed by atoms with E-state index in [0.29, 0.717) is 5.56 Å². The van der Waals surface area contributed by atoms with Crippen LogP contribution in [0.5, 0.6) is 0 Å². The van der Waals surface area contributed by atoms with Crippen molar-refractivity contribution in [2.24, 2.45) is 0 Å². The number of hydrogen-bond donors (Lipinski definition) is 2. The minimum atomic E-state index is -1.21. The van der Waals surface area contributed by atoms with Gasteiger partial charge in [-0.05, 0) is 44.7 Å². The Morgan fingerprint density at radius 2 is 1.97 bits per heavy atom. The second-order valence-electron chi connectivity index (χ2n) is 8.05. The normalized spacial score (nSPS) is 11.6. The molecule has 1 unspecified atom stereocenters. The van der Waals surface area contributed by atoms with Gasteiger partial charge in [-0.1, -0.05) is 35.3 Å². The number of aryl methyl sites for hydroxylation is 1. The SMILES string of the molecule is CNCC(=O)OCc1cccnc1N(C)C(=O)OC(C)n1nc(C(=O)Nc2ccc(C)cc2Cl)c(F)c1Cl. The van der Waals surface area contributed by atoms with Gasteiger partial charge in [-0.2, -0.15) is 5.10 Å². The molecule has 2 aromatic heterocycles. The summed E-state index contributed by atoms with van der Waals surface area (Å²) in [4.78, 5) is 42.4. The first-order chi connectivity index (χ1) is 18.0. The number of rotatable bonds is 9. The van der Waals surface area contributed by atoms with E-state index in [2.05, 4.69) is 20.7 Å². The molecule has 11 nitrogen and oxygen atoms in total. The first-order valence-electron chi connectivity index (χ1n) is 11.2. The molecular weight excluding hydrogens is 542 g/mol. The molecule has 202 valence electrons. The van der Waals surface area contributed by atoms with E-state index in [1.165, 1.54) is 20.2 Å². The zero-order valence-corrected chi connectivity index (χ0v) is 22.4. The molecule has 0 saturated carbocycles. The van der Waals surface area contributed by atoms with Crippen LogP contribution in [-0.2, 0) is 20.9 Å². The molecule has 2 heterocycles. The van der Waals surface area contributed by atoms with E-state index in [-0.39, 0.29) is 29.7 Å². The highest BCUT2D eigenvalue weighted by molar-refractivity contribution is 6.34. The molecule has 0 saturated heterocycles. The van der Waals surface area contributed by atoms with Crippen LogP contribution in [0.25, 0.3) is 0 Å². The van der Waals surface area contributed by atoms with Gasteiger partial charge in [-0.15, -0.1) is 0 Å². The van der Waals surface area contributed by atoms with Crippen LogP contribution in [0.15, 0.2) is 36.5 Å². The topological polar surface area (TPSA) is 128 Å². The van der Waals surface area contributed by atoms with Crippen LogP contribution in [0.2, 0.25) is 10.2 Å². The molecule has 2 N–H and O–H groups in total. The Hall–Kier alpha value is -3.74. The summed E-state index contributed by atoms with van der Waals surface area (Å²) in [5.41, 5.74) is 0.968. The molecule has 1 atom stereocenters. The summed E-state index contributed by atoms with van der Waals surface area (Å²) in [5.74, 6) is -2.30. The van der Waals surface area contributed by atoms with Crippen molar-refractivity contribution in [3.63, 3.8) is 0 Å². The Bertz CT molecular complexity index is 1350. The zero-order chi connectivity index (χ0) is 28.0. The molecule has 3 rings (SSSR count). The summed E-state index contributed by atoms with van der Waals surface area (Å²) in [6, 6.07) is 8.18. The monoisotopic (exact) mass is 566 g/mol. The number of halogens is 3. The van der Waals surface area contributed by atoms with Crippen LogP contribution in [0.1, 0.15) is 34.8 Å². The van der Waals surface area contributed by atoms with Crippen LogP contribution in [-0.4, -0.2) is 53.4 Å². The van der Waals surface area contributed by atoms with Gasteiger partial charge in [0.05, 0.1) is 17.3 Å². The number of ether oxygens (including phenoxy) is 2. The van der Waals surface area contributed by atoms with E-state index >= 15 is 0 Å². The molecule has 0 radical (unpaired) electrons. The van der Waals surface area contributed by atoms with Gasteiger partial charge in [0.2, 0.25) is 0 Å². The Kier molecular flexibility index (Phi) is 9.61. The summed E-state index contributed by atoms with van der Waals surface area (Å²) in [6.07, 6.45) is -0.646. The Balaban J connectivity index is 1.73. The first kappa shape index (κ1) is 28.8. The van der Waals surface area contributed by atoms with Crippen LogP contribution in [0.3, 0.4) is 0 Å². The van der Waals surface area contributed by atoms with Gasteiger partial charge in [-0.3, -0.25) is 14.5 Å². The Labute approximate surface area is 227 Å². The number of nitrogens with zero attached hydrogens (tertiary/aromatic N) is 4. The number of carbonyl (C=O) groups is 3. The van der Waals surface area contributed by atoms with Crippen LogP contribution in [0.4, 0.5) is 20.7 Å². The van der Waals surface area contributed by atoms with Gasteiger partial charge in [0.15, 0.2) is 22.9 Å². The van der Waals surface area contributed by atoms with Crippen molar-refractivity contribution in [2.45, 2.75) is 26.7 Å². The number of nitrogens with one attached hydrogen (secondary N) is 2. The lowest BCUT2D eigenvalue weighted by molar-refractivity contribution is -0.143. The number of pyridine rings is 1. The zero-order valence-electron chi connectivity index (χ0n) is 20.9. The lowest BCUT2D eigenvalue weighted by Gasteiger charge is -2.22. The van der Waals surface area contributed by atoms with Gasteiger partial charge >= 0.3 is 12.1 Å². The third-order valence-electron chi connectivity index (χ3n) is 5.17. The molecule has 0 aliphatic rings. The van der Waals surface area contributed by atoms with Crippen molar-refractivity contribution in [1.29, 1.82) is 0 Å². The highest BCUT2D eigenvalue weighted by atomic mass is 35.5. The molecule has 38 heavy (non-hydrogen) atoms. The third-order valence-corrected chi connectivity index (χ3v) is 5.82. The number of benzene rings is 1. The number of likely N-dealkylation sites (N-methyl/N-ethyl adjacent to an activating group) is 1. The van der Waals surface area contributed by atoms with Gasteiger partial charge in [-0.25, -0.2) is 18.9 Å². The van der Waals surface area contributed by atoms with Gasteiger partial charge in [0.25, 0.3) is 5.91 Å². The van der Waals surface area contributed by atoms with Crippen molar-refractivity contribution in [3.8, 4) is 0 Å². The molecular formula is C24H25Cl2FN6O5. The molecule has 1 aromatic carbocycles. The fraction of sp³-hybridized carbons (Fsp3) is 0.292. The second-order valence-corrected chi connectivity index (χ2v) is 8.82. The predicted octanol–water partition coefficient (Wildman–Crippen LogP) is 4.34. The Morgan fingerprint density at radius 1 is 1.24 bits per heavy atom. The van der Waals surface area contributed by atoms with Gasteiger partial charge < -0.3 is 20.1 Å². The number of aromatic nitrogens is 3. The maximum absolute atomic E-state index is 14.8. The summed E-state index contributed by atoms with van der Waals surface area (Å²) >= 11 is 12.2. The van der Waals surface area contributed by atoms with E-state index in [0.717, 1.165) is 15.1 Å². The summed E-state index contributed by atoms with van der Waals surface area (Å²) in [5, 5.41) is 8.78. The lowest BCUT2D eigenvalue weighted by atomic mass is 10.2. The maximum atomic E-state index is 14.8. The van der Waals surface area contributed by atoms with Crippen molar-refractivity contribution < 1.29 is 28.2 Å². The molecule has 3 aromatic rings. The van der Waals surface area contributed by atoms with E-state index in [9.17, 15) is 18.8 Å². The van der Waals surface area contributed by atoms with E-state index in [4.69, 9.17) is 32.7 Å². The minimum absolute atomic E-state index is 0.0181. The molecule has 14 heteroatoms. The highest BCUT2D eigenvalue weighted by Gasteiger charge is 2.28. The molecule has 0 fully saturated rings. The first-order valence-corrected chi connectivity index (χ1v) is 12.0. The number of amides is 2. The fourth-order valence-electron chi connectivity index (χ4n) is 3.24. The number of carbonyl (C=O) groups excluding carboxylic acids is 3. The Morgan fingerprint density at radius 3 is 2.66 bits per heavy atom. The van der Waals surface area contributed by atoms with Gasteiger partial charge in [0, 0.05) is 18.8 Å². The van der Waals surface area contributed by atoms with Crippen molar-refractivity contribution in [2.75, 3.05) is 30.9 Å². The molecule has 0 aliphatic heterocycles. The summed E-state index contributed by atoms with van der Waals surface area (Å²) in [7, 11) is 3.00. The van der Waals surface area contributed by atoms with E-state index in [1.54, 1.807) is 37.4 Å². The molecule has 0 aliphatic carbocycles. The predicted molar refractivity (Wildman–Crippen MR) is 139 cm³/mol. The van der Waals surface area contributed by atoms with Crippen molar-refractivity contribution >= 4 is 52.7 Å². The van der Waals surface area contributed by atoms with Crippen molar-refractivity contribution in [3.05, 3.63) is 69.3 Å². The third kappa shape index (κ3) is 6.77. The average molecular weight is 567 g/mol. The smallest absolute Gasteiger partial charge is 0.417 e. The highest BCUT2D eigenvalue weighted by Crippen LogP contribution is 2.27. The largest absolute Gasteiger partial charge is 0.460 e. The standard InChI is InChI=1S/C24H25Cl2FN6O5/c1-13-7-8-17(16(25)10-13)30-23(35)20-19(27)21(26)33(31-20)14(2)38-24(36)32(4)22-15(6-5-9-29-22)12-37-18(34)11-28-3/h5-10,14,28H,11-12H2,1-4H3,(H,30,35). The van der Waals surface area contributed by atoms with Crippen molar-refractivity contribution in [1.82, 2.24) is 20.1 Å². The number of esters is 1. The van der Waals surface area contributed by atoms with Gasteiger partial charge in [0.1, 0.15) is 12.4 Å². The second kappa shape index (κ2) is 12.7. The van der Waals surface area contributed by atoms with Crippen LogP contribution >= 0.6 is 23.2 Å². The average Bonchev–Trinajstić information content (AvgIpc) is 3.18. The molecule has 2 amide bonds. The summed E-state index contributed by atoms with van der Waals surface area (Å²) < 4.78 is 26.2. The lowest BCUT2D eigenvalue weighted by Crippen LogP contribution is -2.31. The summed E-state index contributed by atoms with van der Waals surface area (Å²) in [6.45, 7) is 3.11. The van der Waals surface area contributed by atoms with E-state index in [1.807, 2.05) is 6.92 Å². The minimum Gasteiger partial charge on any atom is -0.460 e. The quantitative estimate of drug-likeness (QED) is 0.366. The molecule has 0 bridgehead atoms. The maximum Gasteiger partial charge on any atom is 0.417 e. The number of anilines is 2. The van der Waals surface area contributed by atoms with Crippen LogP contribution in [0, 0.1) is 12.7 Å². The fourth-order valence-corrected chi connectivity index (χ4v) is 3.79. The number of hydrogen-bond acceptors (Lipinski definition) is 8.